The fourth-order valence-corrected chi connectivity index (χ4v) is 2.29. The van der Waals surface area contributed by atoms with Crippen molar-refractivity contribution in [3.63, 3.8) is 0 Å². The number of furan rings is 1. The van der Waals surface area contributed by atoms with Crippen LogP contribution in [0.25, 0.3) is 0 Å². The highest BCUT2D eigenvalue weighted by molar-refractivity contribution is 5.07. The quantitative estimate of drug-likeness (QED) is 0.742. The number of ether oxygens (including phenoxy) is 1. The zero-order valence-corrected chi connectivity index (χ0v) is 8.16. The third-order valence-corrected chi connectivity index (χ3v) is 3.27. The molecule has 1 saturated heterocycles. The molecule has 1 atom stereocenters. The number of hydrogen-bond donors (Lipinski definition) is 1. The smallest absolute Gasteiger partial charge is 0.120 e. The first kappa shape index (κ1) is 8.50. The van der Waals surface area contributed by atoms with Crippen LogP contribution in [-0.4, -0.2) is 12.3 Å². The lowest BCUT2D eigenvalue weighted by Crippen LogP contribution is -2.57. The van der Waals surface area contributed by atoms with Gasteiger partial charge in [0.25, 0.3) is 0 Å². The molecule has 1 saturated carbocycles. The summed E-state index contributed by atoms with van der Waals surface area (Å²) in [7, 11) is 0. The van der Waals surface area contributed by atoms with Crippen LogP contribution in [0.5, 0.6) is 0 Å². The standard InChI is InChI=1S/C11H15NO2/c1-3-10(13-7-1)9-4-8-14-11(12-9)5-2-6-11/h1,3,7,9,12H,2,4-6,8H2. The first-order valence-electron chi connectivity index (χ1n) is 5.33. The van der Waals surface area contributed by atoms with Gasteiger partial charge in [-0.2, -0.15) is 0 Å². The number of hydrogen-bond acceptors (Lipinski definition) is 3. The maximum absolute atomic E-state index is 5.78. The van der Waals surface area contributed by atoms with Crippen LogP contribution in [0.3, 0.4) is 0 Å². The van der Waals surface area contributed by atoms with Crippen molar-refractivity contribution in [3.05, 3.63) is 24.2 Å². The second kappa shape index (κ2) is 3.11. The van der Waals surface area contributed by atoms with E-state index in [-0.39, 0.29) is 5.72 Å². The Hall–Kier alpha value is -0.800. The van der Waals surface area contributed by atoms with Gasteiger partial charge >= 0.3 is 0 Å². The highest BCUT2D eigenvalue weighted by Crippen LogP contribution is 2.39. The molecule has 0 radical (unpaired) electrons. The van der Waals surface area contributed by atoms with Crippen molar-refractivity contribution in [1.82, 2.24) is 5.32 Å². The normalized spacial score (nSPS) is 30.1. The van der Waals surface area contributed by atoms with E-state index in [4.69, 9.17) is 9.15 Å². The maximum atomic E-state index is 5.78. The fraction of sp³-hybridized carbons (Fsp3) is 0.636. The average molecular weight is 193 g/mol. The van der Waals surface area contributed by atoms with E-state index >= 15 is 0 Å². The van der Waals surface area contributed by atoms with Gasteiger partial charge in [0.1, 0.15) is 11.5 Å². The molecule has 0 amide bonds. The molecule has 1 unspecified atom stereocenters. The molecule has 1 N–H and O–H groups in total. The van der Waals surface area contributed by atoms with Gasteiger partial charge in [0.2, 0.25) is 0 Å². The van der Waals surface area contributed by atoms with Crippen LogP contribution >= 0.6 is 0 Å². The van der Waals surface area contributed by atoms with Crippen LogP contribution < -0.4 is 5.32 Å². The van der Waals surface area contributed by atoms with Gasteiger partial charge in [0.05, 0.1) is 18.9 Å². The predicted octanol–water partition coefficient (Wildman–Crippen LogP) is 2.21. The molecule has 0 aromatic carbocycles. The van der Waals surface area contributed by atoms with Gasteiger partial charge in [0, 0.05) is 0 Å². The molecule has 0 bridgehead atoms. The second-order valence-electron chi connectivity index (χ2n) is 4.20. The van der Waals surface area contributed by atoms with Crippen LogP contribution in [0.4, 0.5) is 0 Å². The summed E-state index contributed by atoms with van der Waals surface area (Å²) in [6.45, 7) is 0.846. The minimum absolute atomic E-state index is 0.0181. The van der Waals surface area contributed by atoms with E-state index in [1.54, 1.807) is 6.26 Å². The summed E-state index contributed by atoms with van der Waals surface area (Å²) < 4.78 is 11.2. The predicted molar refractivity (Wildman–Crippen MR) is 51.7 cm³/mol. The molecular weight excluding hydrogens is 178 g/mol. The lowest BCUT2D eigenvalue weighted by atomic mass is 9.85. The van der Waals surface area contributed by atoms with Crippen molar-refractivity contribution in [2.45, 2.75) is 37.5 Å². The molecule has 14 heavy (non-hydrogen) atoms. The lowest BCUT2D eigenvalue weighted by molar-refractivity contribution is -0.159. The molecule has 76 valence electrons. The minimum Gasteiger partial charge on any atom is -0.468 e. The fourth-order valence-electron chi connectivity index (χ4n) is 2.29. The van der Waals surface area contributed by atoms with Gasteiger partial charge in [-0.25, -0.2) is 0 Å². The molecule has 2 fully saturated rings. The van der Waals surface area contributed by atoms with Crippen molar-refractivity contribution in [2.75, 3.05) is 6.61 Å². The molecule has 1 aromatic heterocycles. The molecule has 3 heteroatoms. The molecule has 2 heterocycles. The summed E-state index contributed by atoms with van der Waals surface area (Å²) in [5.74, 6) is 1.04. The molecule has 2 aliphatic rings. The van der Waals surface area contributed by atoms with Crippen LogP contribution in [0.2, 0.25) is 0 Å². The third kappa shape index (κ3) is 1.28. The van der Waals surface area contributed by atoms with Gasteiger partial charge in [-0.05, 0) is 37.8 Å². The first-order valence-corrected chi connectivity index (χ1v) is 5.33. The first-order chi connectivity index (χ1) is 6.88. The Morgan fingerprint density at radius 1 is 1.43 bits per heavy atom. The van der Waals surface area contributed by atoms with Crippen molar-refractivity contribution in [3.8, 4) is 0 Å². The van der Waals surface area contributed by atoms with Gasteiger partial charge in [-0.1, -0.05) is 0 Å². The number of rotatable bonds is 1. The SMILES string of the molecule is c1coc(C2CCOC3(CCC3)N2)c1. The molecule has 3 nitrogen and oxygen atoms in total. The molecule has 1 aliphatic carbocycles. The van der Waals surface area contributed by atoms with E-state index in [0.29, 0.717) is 6.04 Å². The summed E-state index contributed by atoms with van der Waals surface area (Å²) in [5, 5.41) is 3.55. The van der Waals surface area contributed by atoms with Crippen LogP contribution in [-0.2, 0) is 4.74 Å². The topological polar surface area (TPSA) is 34.4 Å². The van der Waals surface area contributed by atoms with E-state index in [0.717, 1.165) is 31.6 Å². The summed E-state index contributed by atoms with van der Waals surface area (Å²) in [4.78, 5) is 0. The van der Waals surface area contributed by atoms with E-state index in [9.17, 15) is 0 Å². The van der Waals surface area contributed by atoms with Gasteiger partial charge < -0.3 is 9.15 Å². The molecule has 1 aromatic rings. The average Bonchev–Trinajstić information content (AvgIpc) is 2.68. The molecule has 1 aliphatic heterocycles. The van der Waals surface area contributed by atoms with Crippen LogP contribution in [0.1, 0.15) is 37.5 Å². The van der Waals surface area contributed by atoms with E-state index in [1.165, 1.54) is 6.42 Å². The largest absolute Gasteiger partial charge is 0.468 e. The summed E-state index contributed by atoms with van der Waals surface area (Å²) in [5.41, 5.74) is -0.0181. The van der Waals surface area contributed by atoms with Gasteiger partial charge in [-0.15, -0.1) is 0 Å². The van der Waals surface area contributed by atoms with E-state index in [2.05, 4.69) is 5.32 Å². The Balaban J connectivity index is 1.75. The molecule has 3 rings (SSSR count). The van der Waals surface area contributed by atoms with E-state index < -0.39 is 0 Å². The third-order valence-electron chi connectivity index (χ3n) is 3.27. The Morgan fingerprint density at radius 2 is 2.36 bits per heavy atom. The van der Waals surface area contributed by atoms with Crippen molar-refractivity contribution >= 4 is 0 Å². The maximum Gasteiger partial charge on any atom is 0.120 e. The van der Waals surface area contributed by atoms with Gasteiger partial charge in [0.15, 0.2) is 0 Å². The highest BCUT2D eigenvalue weighted by Gasteiger charge is 2.42. The van der Waals surface area contributed by atoms with Crippen molar-refractivity contribution in [2.24, 2.45) is 0 Å². The Labute approximate surface area is 83.4 Å². The van der Waals surface area contributed by atoms with Crippen LogP contribution in [0.15, 0.2) is 22.8 Å². The second-order valence-corrected chi connectivity index (χ2v) is 4.20. The Kier molecular flexibility index (Phi) is 1.89. The summed E-state index contributed by atoms with van der Waals surface area (Å²) in [6.07, 6.45) is 6.31. The Morgan fingerprint density at radius 3 is 3.00 bits per heavy atom. The minimum atomic E-state index is -0.0181. The van der Waals surface area contributed by atoms with E-state index in [1.807, 2.05) is 12.1 Å². The van der Waals surface area contributed by atoms with Crippen molar-refractivity contribution < 1.29 is 9.15 Å². The zero-order chi connectivity index (χ0) is 9.43. The summed E-state index contributed by atoms with van der Waals surface area (Å²) in [6, 6.07) is 4.33. The number of nitrogens with one attached hydrogen (secondary N) is 1. The van der Waals surface area contributed by atoms with Gasteiger partial charge in [-0.3, -0.25) is 5.32 Å². The zero-order valence-electron chi connectivity index (χ0n) is 8.16. The monoisotopic (exact) mass is 193 g/mol. The lowest BCUT2D eigenvalue weighted by Gasteiger charge is -2.47. The van der Waals surface area contributed by atoms with Crippen LogP contribution in [0, 0.1) is 0 Å². The molecular formula is C11H15NO2. The highest BCUT2D eigenvalue weighted by atomic mass is 16.5. The summed E-state index contributed by atoms with van der Waals surface area (Å²) >= 11 is 0. The van der Waals surface area contributed by atoms with Crippen molar-refractivity contribution in [1.29, 1.82) is 0 Å². The molecule has 1 spiro atoms. The Bertz CT molecular complexity index is 303.